The number of carbonyl (C=O) groups is 1. The van der Waals surface area contributed by atoms with Gasteiger partial charge < -0.3 is 9.84 Å². The highest BCUT2D eigenvalue weighted by atomic mass is 19.4. The lowest BCUT2D eigenvalue weighted by molar-refractivity contribution is -0.250. The van der Waals surface area contributed by atoms with Crippen molar-refractivity contribution in [2.45, 2.75) is 37.5 Å². The Kier molecular flexibility index (Phi) is 4.49. The van der Waals surface area contributed by atoms with Gasteiger partial charge in [-0.1, -0.05) is 26.0 Å². The first kappa shape index (κ1) is 16.5. The average molecular weight is 290 g/mol. The van der Waals surface area contributed by atoms with E-state index in [4.69, 9.17) is 4.74 Å². The summed E-state index contributed by atoms with van der Waals surface area (Å²) < 4.78 is 43.4. The molecule has 1 aromatic rings. The molecule has 0 aliphatic carbocycles. The van der Waals surface area contributed by atoms with Gasteiger partial charge in [0.25, 0.3) is 0 Å². The maximum absolute atomic E-state index is 12.8. The number of hydrogen-bond acceptors (Lipinski definition) is 3. The molecule has 1 aromatic carbocycles. The number of alkyl halides is 3. The first-order valence-corrected chi connectivity index (χ1v) is 5.96. The number of rotatable bonds is 5. The molecule has 0 aliphatic heterocycles. The number of methoxy groups -OCH3 is 1. The molecule has 0 amide bonds. The van der Waals surface area contributed by atoms with Gasteiger partial charge >= 0.3 is 6.18 Å². The van der Waals surface area contributed by atoms with Crippen LogP contribution in [0.3, 0.4) is 0 Å². The van der Waals surface area contributed by atoms with E-state index in [1.807, 2.05) is 0 Å². The number of carbonyl (C=O) groups excluding carboxylic acids is 1. The second-order valence-electron chi connectivity index (χ2n) is 5.33. The topological polar surface area (TPSA) is 46.5 Å². The van der Waals surface area contributed by atoms with Crippen molar-refractivity contribution in [2.24, 2.45) is 0 Å². The highest BCUT2D eigenvalue weighted by Gasteiger charge is 2.56. The predicted molar refractivity (Wildman–Crippen MR) is 67.7 cm³/mol. The molecular weight excluding hydrogens is 273 g/mol. The molecule has 0 bridgehead atoms. The first-order valence-electron chi connectivity index (χ1n) is 5.96. The smallest absolute Gasteiger partial charge is 0.424 e. The minimum atomic E-state index is -5.01. The molecule has 0 heterocycles. The van der Waals surface area contributed by atoms with E-state index in [9.17, 15) is 23.1 Å². The number of aliphatic hydroxyl groups is 1. The molecular formula is C14H17F3O3. The van der Waals surface area contributed by atoms with E-state index in [0.717, 1.165) is 0 Å². The van der Waals surface area contributed by atoms with Gasteiger partial charge in [0.05, 0.1) is 7.11 Å². The Morgan fingerprint density at radius 1 is 1.30 bits per heavy atom. The third-order valence-electron chi connectivity index (χ3n) is 3.25. The van der Waals surface area contributed by atoms with Gasteiger partial charge in [-0.2, -0.15) is 13.2 Å². The van der Waals surface area contributed by atoms with E-state index in [0.29, 0.717) is 11.3 Å². The van der Waals surface area contributed by atoms with E-state index in [1.165, 1.54) is 21.0 Å². The van der Waals surface area contributed by atoms with Crippen LogP contribution in [0.15, 0.2) is 24.3 Å². The molecule has 0 fully saturated rings. The summed E-state index contributed by atoms with van der Waals surface area (Å²) in [6.07, 6.45) is -6.22. The van der Waals surface area contributed by atoms with Crippen molar-refractivity contribution in [3.63, 3.8) is 0 Å². The second-order valence-corrected chi connectivity index (χ2v) is 5.33. The highest BCUT2D eigenvalue weighted by Crippen LogP contribution is 2.40. The average Bonchev–Trinajstić information content (AvgIpc) is 2.37. The molecule has 1 rings (SSSR count). The van der Waals surface area contributed by atoms with E-state index in [1.54, 1.807) is 24.3 Å². The molecule has 0 radical (unpaired) electrons. The summed E-state index contributed by atoms with van der Waals surface area (Å²) in [6.45, 7) is 3.06. The summed E-state index contributed by atoms with van der Waals surface area (Å²) >= 11 is 0. The Morgan fingerprint density at radius 2 is 1.90 bits per heavy atom. The van der Waals surface area contributed by atoms with Gasteiger partial charge in [-0.3, -0.25) is 4.79 Å². The summed E-state index contributed by atoms with van der Waals surface area (Å²) in [5, 5.41) is 9.56. The van der Waals surface area contributed by atoms with Crippen molar-refractivity contribution < 1.29 is 27.8 Å². The summed E-state index contributed by atoms with van der Waals surface area (Å²) in [5.41, 5.74) is -3.87. The van der Waals surface area contributed by atoms with Crippen molar-refractivity contribution in [3.05, 3.63) is 29.8 Å². The Labute approximate surface area is 115 Å². The van der Waals surface area contributed by atoms with Gasteiger partial charge in [0.2, 0.25) is 5.60 Å². The predicted octanol–water partition coefficient (Wildman–Crippen LogP) is 2.86. The fourth-order valence-electron chi connectivity index (χ4n) is 2.03. The Balaban J connectivity index is 3.13. The summed E-state index contributed by atoms with van der Waals surface area (Å²) in [6, 6.07) is 6.52. The zero-order chi connectivity index (χ0) is 15.6. The lowest BCUT2D eigenvalue weighted by Gasteiger charge is -2.34. The first-order chi connectivity index (χ1) is 9.05. The molecule has 6 heteroatoms. The largest absolute Gasteiger partial charge is 0.497 e. The van der Waals surface area contributed by atoms with Crippen LogP contribution in [0.2, 0.25) is 0 Å². The van der Waals surface area contributed by atoms with Crippen LogP contribution in [-0.4, -0.2) is 30.3 Å². The molecule has 1 atom stereocenters. The molecule has 0 unspecified atom stereocenters. The van der Waals surface area contributed by atoms with Gasteiger partial charge in [-0.25, -0.2) is 0 Å². The zero-order valence-electron chi connectivity index (χ0n) is 11.5. The van der Waals surface area contributed by atoms with E-state index < -0.39 is 29.9 Å². The van der Waals surface area contributed by atoms with Crippen LogP contribution in [-0.2, 0) is 10.2 Å². The van der Waals surface area contributed by atoms with Crippen molar-refractivity contribution in [1.29, 1.82) is 0 Å². The van der Waals surface area contributed by atoms with Gasteiger partial charge in [0, 0.05) is 6.42 Å². The molecule has 0 saturated heterocycles. The summed E-state index contributed by atoms with van der Waals surface area (Å²) in [5.74, 6) is 0.497. The standard InChI is InChI=1S/C14H17F3O3/c1-12(2,8-13(19,9-18)14(15,16)17)10-5-4-6-11(7-10)20-3/h4-7,9,19H,8H2,1-3H3/t13-/m0/s1. The molecule has 20 heavy (non-hydrogen) atoms. The van der Waals surface area contributed by atoms with Gasteiger partial charge in [0.1, 0.15) is 5.75 Å². The molecule has 1 N–H and O–H groups in total. The number of benzene rings is 1. The van der Waals surface area contributed by atoms with Crippen LogP contribution < -0.4 is 4.74 Å². The lowest BCUT2D eigenvalue weighted by Crippen LogP contribution is -2.50. The van der Waals surface area contributed by atoms with Crippen molar-refractivity contribution in [3.8, 4) is 5.75 Å². The number of ether oxygens (including phenoxy) is 1. The number of aldehydes is 1. The fraction of sp³-hybridized carbons (Fsp3) is 0.500. The SMILES string of the molecule is COc1cccc(C(C)(C)C[C@](O)(C=O)C(F)(F)F)c1. The number of hydrogen-bond donors (Lipinski definition) is 1. The van der Waals surface area contributed by atoms with E-state index >= 15 is 0 Å². The van der Waals surface area contributed by atoms with Crippen molar-refractivity contribution in [1.82, 2.24) is 0 Å². The molecule has 0 aromatic heterocycles. The van der Waals surface area contributed by atoms with E-state index in [2.05, 4.69) is 0 Å². The van der Waals surface area contributed by atoms with Gasteiger partial charge in [0.15, 0.2) is 6.29 Å². The maximum Gasteiger partial charge on any atom is 0.424 e. The van der Waals surface area contributed by atoms with E-state index in [-0.39, 0.29) is 0 Å². The minimum Gasteiger partial charge on any atom is -0.497 e. The third-order valence-corrected chi connectivity index (χ3v) is 3.25. The van der Waals surface area contributed by atoms with Gasteiger partial charge in [-0.05, 0) is 23.1 Å². The zero-order valence-corrected chi connectivity index (χ0v) is 11.5. The van der Waals surface area contributed by atoms with Crippen molar-refractivity contribution in [2.75, 3.05) is 7.11 Å². The van der Waals surface area contributed by atoms with Crippen LogP contribution in [0.5, 0.6) is 5.75 Å². The normalized spacial score (nSPS) is 15.6. The molecule has 3 nitrogen and oxygen atoms in total. The number of halogens is 3. The molecule has 0 aliphatic rings. The second kappa shape index (κ2) is 5.44. The van der Waals surface area contributed by atoms with Crippen LogP contribution in [0.25, 0.3) is 0 Å². The Hall–Kier alpha value is -1.56. The summed E-state index contributed by atoms with van der Waals surface area (Å²) in [4.78, 5) is 10.7. The van der Waals surface area contributed by atoms with Crippen molar-refractivity contribution >= 4 is 6.29 Å². The minimum absolute atomic E-state index is 0.449. The van der Waals surface area contributed by atoms with Crippen LogP contribution >= 0.6 is 0 Å². The monoisotopic (exact) mass is 290 g/mol. The summed E-state index contributed by atoms with van der Waals surface area (Å²) in [7, 11) is 1.45. The Bertz CT molecular complexity index is 483. The third kappa shape index (κ3) is 3.30. The van der Waals surface area contributed by atoms with Crippen LogP contribution in [0.1, 0.15) is 25.8 Å². The molecule has 0 spiro atoms. The lowest BCUT2D eigenvalue weighted by atomic mass is 9.75. The highest BCUT2D eigenvalue weighted by molar-refractivity contribution is 5.64. The van der Waals surface area contributed by atoms with Gasteiger partial charge in [-0.15, -0.1) is 0 Å². The Morgan fingerprint density at radius 3 is 2.35 bits per heavy atom. The molecule has 112 valence electrons. The quantitative estimate of drug-likeness (QED) is 0.848. The fourth-order valence-corrected chi connectivity index (χ4v) is 2.03. The molecule has 0 saturated carbocycles. The van der Waals surface area contributed by atoms with Crippen LogP contribution in [0, 0.1) is 0 Å². The van der Waals surface area contributed by atoms with Crippen LogP contribution in [0.4, 0.5) is 13.2 Å². The maximum atomic E-state index is 12.8.